The second-order valence-corrected chi connectivity index (χ2v) is 5.72. The van der Waals surface area contributed by atoms with Gasteiger partial charge in [0, 0.05) is 21.4 Å². The predicted octanol–water partition coefficient (Wildman–Crippen LogP) is 4.40. The van der Waals surface area contributed by atoms with Crippen LogP contribution >= 0.6 is 23.4 Å². The van der Waals surface area contributed by atoms with Gasteiger partial charge in [-0.3, -0.25) is 0 Å². The molecule has 4 heteroatoms. The van der Waals surface area contributed by atoms with E-state index in [1.807, 2.05) is 43.3 Å². The van der Waals surface area contributed by atoms with Crippen molar-refractivity contribution >= 4 is 29.1 Å². The molecule has 0 aliphatic rings. The zero-order valence-electron chi connectivity index (χ0n) is 10.7. The van der Waals surface area contributed by atoms with E-state index in [1.54, 1.807) is 17.8 Å². The van der Waals surface area contributed by atoms with Crippen LogP contribution in [0.15, 0.2) is 47.4 Å². The van der Waals surface area contributed by atoms with Gasteiger partial charge in [0.1, 0.15) is 5.75 Å². The molecule has 0 saturated heterocycles. The summed E-state index contributed by atoms with van der Waals surface area (Å²) in [4.78, 5) is 1.00. The third kappa shape index (κ3) is 4.08. The number of halogens is 1. The molecule has 2 nitrogen and oxygen atoms in total. The molecule has 0 spiro atoms. The number of para-hydroxylation sites is 1. The van der Waals surface area contributed by atoms with Crippen molar-refractivity contribution < 1.29 is 4.74 Å². The summed E-state index contributed by atoms with van der Waals surface area (Å²) in [6.07, 6.45) is 0. The molecule has 2 N–H and O–H groups in total. The molecule has 19 heavy (non-hydrogen) atoms. The number of ether oxygens (including phenoxy) is 1. The Bertz CT molecular complexity index is 560. The zero-order chi connectivity index (χ0) is 13.7. The van der Waals surface area contributed by atoms with Crippen molar-refractivity contribution in [3.8, 4) is 5.75 Å². The first-order valence-electron chi connectivity index (χ1n) is 6.03. The maximum Gasteiger partial charge on any atom is 0.122 e. The van der Waals surface area contributed by atoms with Crippen LogP contribution < -0.4 is 10.5 Å². The van der Waals surface area contributed by atoms with Crippen molar-refractivity contribution in [2.75, 3.05) is 18.1 Å². The lowest BCUT2D eigenvalue weighted by molar-refractivity contribution is 0.341. The number of thioether (sulfide) groups is 1. The fourth-order valence-corrected chi connectivity index (χ4v) is 2.72. The van der Waals surface area contributed by atoms with Crippen LogP contribution in [0.1, 0.15) is 5.56 Å². The average Bonchev–Trinajstić information content (AvgIpc) is 2.40. The van der Waals surface area contributed by atoms with Crippen molar-refractivity contribution in [3.05, 3.63) is 53.1 Å². The number of nitrogen functional groups attached to an aromatic ring is 1. The Morgan fingerprint density at radius 1 is 1.21 bits per heavy atom. The monoisotopic (exact) mass is 293 g/mol. The van der Waals surface area contributed by atoms with Gasteiger partial charge >= 0.3 is 0 Å². The molecule has 0 fully saturated rings. The molecule has 0 bridgehead atoms. The van der Waals surface area contributed by atoms with Crippen molar-refractivity contribution in [2.24, 2.45) is 0 Å². The molecule has 100 valence electrons. The molecule has 0 aromatic heterocycles. The van der Waals surface area contributed by atoms with Crippen molar-refractivity contribution in [3.63, 3.8) is 0 Å². The summed E-state index contributed by atoms with van der Waals surface area (Å²) in [5.74, 6) is 1.76. The van der Waals surface area contributed by atoms with Crippen LogP contribution in [0.2, 0.25) is 5.02 Å². The van der Waals surface area contributed by atoms with Gasteiger partial charge in [0.2, 0.25) is 0 Å². The van der Waals surface area contributed by atoms with E-state index in [1.165, 1.54) is 0 Å². The first kappa shape index (κ1) is 14.1. The minimum atomic E-state index is 0.640. The zero-order valence-corrected chi connectivity index (χ0v) is 12.3. The number of benzene rings is 2. The van der Waals surface area contributed by atoms with Crippen molar-refractivity contribution in [1.82, 2.24) is 0 Å². The van der Waals surface area contributed by atoms with Gasteiger partial charge in [-0.25, -0.2) is 0 Å². The summed E-state index contributed by atoms with van der Waals surface area (Å²) in [5, 5.41) is 0.705. The van der Waals surface area contributed by atoms with Gasteiger partial charge in [-0.2, -0.15) is 0 Å². The lowest BCUT2D eigenvalue weighted by Crippen LogP contribution is -2.01. The number of anilines is 1. The molecule has 2 aromatic carbocycles. The summed E-state index contributed by atoms with van der Waals surface area (Å²) in [5.41, 5.74) is 7.79. The molecule has 0 unspecified atom stereocenters. The maximum absolute atomic E-state index is 5.95. The highest BCUT2D eigenvalue weighted by molar-refractivity contribution is 7.99. The molecule has 2 rings (SSSR count). The van der Waals surface area contributed by atoms with E-state index in [0.717, 1.165) is 27.6 Å². The molecule has 0 heterocycles. The van der Waals surface area contributed by atoms with Crippen LogP contribution in [0.4, 0.5) is 5.69 Å². The van der Waals surface area contributed by atoms with Gasteiger partial charge in [0.15, 0.2) is 0 Å². The van der Waals surface area contributed by atoms with E-state index >= 15 is 0 Å². The van der Waals surface area contributed by atoms with E-state index in [-0.39, 0.29) is 0 Å². The number of nitrogens with two attached hydrogens (primary N) is 1. The van der Waals surface area contributed by atoms with Crippen LogP contribution in [0.3, 0.4) is 0 Å². The fraction of sp³-hybridized carbons (Fsp3) is 0.200. The Morgan fingerprint density at radius 2 is 2.00 bits per heavy atom. The lowest BCUT2D eigenvalue weighted by atomic mass is 10.2. The van der Waals surface area contributed by atoms with E-state index < -0.39 is 0 Å². The molecule has 0 aliphatic heterocycles. The second-order valence-electron chi connectivity index (χ2n) is 4.14. The summed E-state index contributed by atoms with van der Waals surface area (Å²) in [6, 6.07) is 13.5. The van der Waals surface area contributed by atoms with Crippen molar-refractivity contribution in [2.45, 2.75) is 11.8 Å². The number of hydrogen-bond acceptors (Lipinski definition) is 3. The third-order valence-electron chi connectivity index (χ3n) is 2.67. The highest BCUT2D eigenvalue weighted by Crippen LogP contribution is 2.28. The molecule has 0 atom stereocenters. The smallest absolute Gasteiger partial charge is 0.122 e. The van der Waals surface area contributed by atoms with Gasteiger partial charge in [0.25, 0.3) is 0 Å². The fourth-order valence-electron chi connectivity index (χ4n) is 1.65. The number of rotatable bonds is 5. The average molecular weight is 294 g/mol. The number of hydrogen-bond donors (Lipinski definition) is 1. The summed E-state index contributed by atoms with van der Waals surface area (Å²) in [7, 11) is 0. The minimum Gasteiger partial charge on any atom is -0.492 e. The van der Waals surface area contributed by atoms with E-state index in [0.29, 0.717) is 11.6 Å². The molecular weight excluding hydrogens is 278 g/mol. The van der Waals surface area contributed by atoms with Gasteiger partial charge in [0.05, 0.1) is 6.61 Å². The van der Waals surface area contributed by atoms with Crippen LogP contribution in [-0.4, -0.2) is 12.4 Å². The normalized spacial score (nSPS) is 10.4. The molecule has 0 aliphatic carbocycles. The SMILES string of the molecule is Cc1ccccc1OCCSc1cc(Cl)ccc1N. The van der Waals surface area contributed by atoms with Gasteiger partial charge in [-0.05, 0) is 36.8 Å². The highest BCUT2D eigenvalue weighted by Gasteiger charge is 2.02. The molecule has 0 radical (unpaired) electrons. The van der Waals surface area contributed by atoms with Gasteiger partial charge in [-0.15, -0.1) is 11.8 Å². The van der Waals surface area contributed by atoms with E-state index in [9.17, 15) is 0 Å². The number of aryl methyl sites for hydroxylation is 1. The Labute approximate surface area is 122 Å². The first-order valence-corrected chi connectivity index (χ1v) is 7.39. The Morgan fingerprint density at radius 3 is 2.79 bits per heavy atom. The van der Waals surface area contributed by atoms with Crippen LogP contribution in [0.5, 0.6) is 5.75 Å². The summed E-state index contributed by atoms with van der Waals surface area (Å²) in [6.45, 7) is 2.68. The first-order chi connectivity index (χ1) is 9.16. The Kier molecular flexibility index (Phi) is 5.00. The Balaban J connectivity index is 1.84. The topological polar surface area (TPSA) is 35.2 Å². The summed E-state index contributed by atoms with van der Waals surface area (Å²) >= 11 is 7.60. The van der Waals surface area contributed by atoms with Crippen LogP contribution in [0.25, 0.3) is 0 Å². The van der Waals surface area contributed by atoms with Crippen LogP contribution in [0, 0.1) is 6.92 Å². The molecule has 0 amide bonds. The van der Waals surface area contributed by atoms with E-state index in [2.05, 4.69) is 0 Å². The molecule has 0 saturated carbocycles. The molecular formula is C15H16ClNOS. The third-order valence-corrected chi connectivity index (χ3v) is 3.94. The Hall–Kier alpha value is -1.32. The standard InChI is InChI=1S/C15H16ClNOS/c1-11-4-2-3-5-14(11)18-8-9-19-15-10-12(16)6-7-13(15)17/h2-7,10H,8-9,17H2,1H3. The molecule has 2 aromatic rings. The quantitative estimate of drug-likeness (QED) is 0.504. The lowest BCUT2D eigenvalue weighted by Gasteiger charge is -2.09. The predicted molar refractivity (Wildman–Crippen MR) is 83.3 cm³/mol. The largest absolute Gasteiger partial charge is 0.492 e. The van der Waals surface area contributed by atoms with Gasteiger partial charge < -0.3 is 10.5 Å². The second kappa shape index (κ2) is 6.73. The van der Waals surface area contributed by atoms with Crippen LogP contribution in [-0.2, 0) is 0 Å². The minimum absolute atomic E-state index is 0.640. The highest BCUT2D eigenvalue weighted by atomic mass is 35.5. The van der Waals surface area contributed by atoms with E-state index in [4.69, 9.17) is 22.1 Å². The maximum atomic E-state index is 5.95. The summed E-state index contributed by atoms with van der Waals surface area (Å²) < 4.78 is 5.73. The van der Waals surface area contributed by atoms with Crippen molar-refractivity contribution in [1.29, 1.82) is 0 Å². The van der Waals surface area contributed by atoms with Gasteiger partial charge in [-0.1, -0.05) is 29.8 Å².